The molecule has 0 atom stereocenters. The zero-order chi connectivity index (χ0) is 11.1. The molecule has 1 N–H and O–H groups in total. The molecule has 0 aromatic heterocycles. The average molecular weight is 208 g/mol. The Morgan fingerprint density at radius 3 is 2.47 bits per heavy atom. The molecule has 0 radical (unpaired) electrons. The minimum Gasteiger partial charge on any atom is -0.513 e. The van der Waals surface area contributed by atoms with Crippen molar-refractivity contribution >= 4 is 0 Å². The quantitative estimate of drug-likeness (QED) is 0.569. The second kappa shape index (κ2) is 6.46. The highest BCUT2D eigenvalue weighted by Crippen LogP contribution is 2.16. The van der Waals surface area contributed by atoms with Gasteiger partial charge < -0.3 is 9.84 Å². The highest BCUT2D eigenvalue weighted by Gasteiger charge is 2.09. The summed E-state index contributed by atoms with van der Waals surface area (Å²) >= 11 is 0. The fourth-order valence-corrected chi connectivity index (χ4v) is 1.50. The van der Waals surface area contributed by atoms with E-state index in [1.165, 1.54) is 0 Å². The van der Waals surface area contributed by atoms with Crippen LogP contribution in [0.25, 0.3) is 0 Å². The number of allylic oxidation sites excluding steroid dienone is 6. The Morgan fingerprint density at radius 1 is 1.20 bits per heavy atom. The van der Waals surface area contributed by atoms with Crippen LogP contribution in [0.15, 0.2) is 35.6 Å². The van der Waals surface area contributed by atoms with Gasteiger partial charge in [-0.2, -0.15) is 0 Å². The molecule has 1 heterocycles. The molecule has 15 heavy (non-hydrogen) atoms. The molecular formula is C13H20O2. The lowest BCUT2D eigenvalue weighted by Crippen LogP contribution is -2.13. The molecule has 1 fully saturated rings. The van der Waals surface area contributed by atoms with E-state index in [0.717, 1.165) is 31.6 Å². The standard InChI is InChI=1S/C13H20O2/c1-11(3-5-12(2)14)4-6-13-7-9-15-10-8-13/h3-6,13-14H,7-10H2,1-2H3/b6-4-,11-3+,12-5+. The summed E-state index contributed by atoms with van der Waals surface area (Å²) in [6, 6.07) is 0. The first kappa shape index (κ1) is 12.1. The first-order chi connectivity index (χ1) is 7.18. The van der Waals surface area contributed by atoms with E-state index in [9.17, 15) is 0 Å². The van der Waals surface area contributed by atoms with E-state index >= 15 is 0 Å². The molecule has 0 saturated carbocycles. The van der Waals surface area contributed by atoms with Gasteiger partial charge in [0.1, 0.15) is 0 Å². The third-order valence-corrected chi connectivity index (χ3v) is 2.48. The Labute approximate surface area is 92.0 Å². The third-order valence-electron chi connectivity index (χ3n) is 2.48. The number of aliphatic hydroxyl groups is 1. The van der Waals surface area contributed by atoms with Crippen LogP contribution in [0.4, 0.5) is 0 Å². The van der Waals surface area contributed by atoms with Crippen molar-refractivity contribution in [2.24, 2.45) is 5.92 Å². The summed E-state index contributed by atoms with van der Waals surface area (Å²) in [4.78, 5) is 0. The fraction of sp³-hybridized carbons (Fsp3) is 0.538. The van der Waals surface area contributed by atoms with Crippen LogP contribution in [-0.2, 0) is 4.74 Å². The molecule has 2 nitrogen and oxygen atoms in total. The molecule has 0 aromatic carbocycles. The summed E-state index contributed by atoms with van der Waals surface area (Å²) in [5.41, 5.74) is 1.16. The van der Waals surface area contributed by atoms with Crippen LogP contribution in [-0.4, -0.2) is 18.3 Å². The summed E-state index contributed by atoms with van der Waals surface area (Å²) in [6.45, 7) is 5.47. The summed E-state index contributed by atoms with van der Waals surface area (Å²) < 4.78 is 5.29. The maximum absolute atomic E-state index is 8.99. The predicted molar refractivity (Wildman–Crippen MR) is 62.8 cm³/mol. The molecule has 0 amide bonds. The lowest BCUT2D eigenvalue weighted by molar-refractivity contribution is 0.0785. The van der Waals surface area contributed by atoms with Crippen LogP contribution in [0.2, 0.25) is 0 Å². The predicted octanol–water partition coefficient (Wildman–Crippen LogP) is 3.38. The number of hydrogen-bond donors (Lipinski definition) is 1. The van der Waals surface area contributed by atoms with Crippen LogP contribution in [0.1, 0.15) is 26.7 Å². The van der Waals surface area contributed by atoms with Crippen LogP contribution in [0.3, 0.4) is 0 Å². The first-order valence-corrected chi connectivity index (χ1v) is 5.48. The molecule has 1 saturated heterocycles. The van der Waals surface area contributed by atoms with Crippen molar-refractivity contribution in [1.29, 1.82) is 0 Å². The first-order valence-electron chi connectivity index (χ1n) is 5.48. The molecule has 84 valence electrons. The Balaban J connectivity index is 2.41. The van der Waals surface area contributed by atoms with Gasteiger partial charge in [0.25, 0.3) is 0 Å². The van der Waals surface area contributed by atoms with Gasteiger partial charge in [-0.05, 0) is 38.7 Å². The monoisotopic (exact) mass is 208 g/mol. The second-order valence-electron chi connectivity index (χ2n) is 4.03. The number of rotatable bonds is 3. The molecule has 0 unspecified atom stereocenters. The smallest absolute Gasteiger partial charge is 0.0891 e. The van der Waals surface area contributed by atoms with Gasteiger partial charge in [-0.3, -0.25) is 0 Å². The van der Waals surface area contributed by atoms with Crippen LogP contribution >= 0.6 is 0 Å². The Morgan fingerprint density at radius 2 is 1.87 bits per heavy atom. The normalized spacial score (nSPS) is 21.2. The highest BCUT2D eigenvalue weighted by atomic mass is 16.5. The zero-order valence-electron chi connectivity index (χ0n) is 9.57. The van der Waals surface area contributed by atoms with Crippen LogP contribution < -0.4 is 0 Å². The lowest BCUT2D eigenvalue weighted by Gasteiger charge is -2.18. The minimum absolute atomic E-state index is 0.341. The molecular weight excluding hydrogens is 188 g/mol. The summed E-state index contributed by atoms with van der Waals surface area (Å²) in [6.07, 6.45) is 10.2. The Hall–Kier alpha value is -1.02. The number of hydrogen-bond acceptors (Lipinski definition) is 2. The molecule has 1 rings (SSSR count). The number of aliphatic hydroxyl groups excluding tert-OH is 1. The largest absolute Gasteiger partial charge is 0.513 e. The Bertz CT molecular complexity index is 264. The van der Waals surface area contributed by atoms with Gasteiger partial charge in [-0.15, -0.1) is 0 Å². The average Bonchev–Trinajstić information content (AvgIpc) is 2.25. The summed E-state index contributed by atoms with van der Waals surface area (Å²) in [5, 5.41) is 8.99. The lowest BCUT2D eigenvalue weighted by atomic mass is 9.99. The Kier molecular flexibility index (Phi) is 5.19. The molecule has 1 aliphatic heterocycles. The van der Waals surface area contributed by atoms with Crippen molar-refractivity contribution in [1.82, 2.24) is 0 Å². The van der Waals surface area contributed by atoms with E-state index in [0.29, 0.717) is 11.7 Å². The fourth-order valence-electron chi connectivity index (χ4n) is 1.50. The summed E-state index contributed by atoms with van der Waals surface area (Å²) in [7, 11) is 0. The molecule has 0 aromatic rings. The SMILES string of the molecule is C\C(O)=C/C=C(C)/C=C\C1CCOCC1. The highest BCUT2D eigenvalue weighted by molar-refractivity contribution is 5.22. The van der Waals surface area contributed by atoms with Gasteiger partial charge in [0.2, 0.25) is 0 Å². The van der Waals surface area contributed by atoms with E-state index in [1.807, 2.05) is 13.0 Å². The van der Waals surface area contributed by atoms with Gasteiger partial charge in [0.15, 0.2) is 0 Å². The van der Waals surface area contributed by atoms with Crippen molar-refractivity contribution < 1.29 is 9.84 Å². The van der Waals surface area contributed by atoms with E-state index in [4.69, 9.17) is 9.84 Å². The van der Waals surface area contributed by atoms with Crippen LogP contribution in [0, 0.1) is 5.92 Å². The topological polar surface area (TPSA) is 29.5 Å². The minimum atomic E-state index is 0.341. The molecule has 0 spiro atoms. The zero-order valence-corrected chi connectivity index (χ0v) is 9.57. The van der Waals surface area contributed by atoms with E-state index in [-0.39, 0.29) is 0 Å². The van der Waals surface area contributed by atoms with Crippen LogP contribution in [0.5, 0.6) is 0 Å². The van der Waals surface area contributed by atoms with Crippen molar-refractivity contribution in [3.05, 3.63) is 35.6 Å². The number of ether oxygens (including phenoxy) is 1. The van der Waals surface area contributed by atoms with Gasteiger partial charge in [0, 0.05) is 13.2 Å². The summed E-state index contributed by atoms with van der Waals surface area (Å²) in [5.74, 6) is 0.995. The molecule has 1 aliphatic rings. The van der Waals surface area contributed by atoms with Crippen molar-refractivity contribution in [3.8, 4) is 0 Å². The van der Waals surface area contributed by atoms with E-state index in [2.05, 4.69) is 12.2 Å². The molecule has 2 heteroatoms. The van der Waals surface area contributed by atoms with Crippen molar-refractivity contribution in [2.45, 2.75) is 26.7 Å². The van der Waals surface area contributed by atoms with E-state index in [1.54, 1.807) is 13.0 Å². The van der Waals surface area contributed by atoms with E-state index < -0.39 is 0 Å². The van der Waals surface area contributed by atoms with Gasteiger partial charge >= 0.3 is 0 Å². The third kappa shape index (κ3) is 5.43. The molecule has 0 aliphatic carbocycles. The van der Waals surface area contributed by atoms with Gasteiger partial charge in [-0.25, -0.2) is 0 Å². The maximum Gasteiger partial charge on any atom is 0.0891 e. The van der Waals surface area contributed by atoms with Crippen molar-refractivity contribution in [2.75, 3.05) is 13.2 Å². The van der Waals surface area contributed by atoms with Crippen molar-refractivity contribution in [3.63, 3.8) is 0 Å². The van der Waals surface area contributed by atoms with Gasteiger partial charge in [0.05, 0.1) is 5.76 Å². The maximum atomic E-state index is 8.99. The molecule has 0 bridgehead atoms. The van der Waals surface area contributed by atoms with Gasteiger partial charge in [-0.1, -0.05) is 23.8 Å². The second-order valence-corrected chi connectivity index (χ2v) is 4.03.